The highest BCUT2D eigenvalue weighted by Gasteiger charge is 2.39. The Morgan fingerprint density at radius 1 is 0.555 bits per heavy atom. The minimum Gasteiger partial charge on any atom is -0.508 e. The molecule has 4 aromatic carbocycles. The number of likely N-dealkylation sites (tertiary alicyclic amines) is 1. The number of hydrogen-bond acceptors (Lipinski definition) is 28. The van der Waals surface area contributed by atoms with Crippen LogP contribution in [0.15, 0.2) is 117 Å². The molecule has 119 heavy (non-hydrogen) atoms. The molecule has 1 aliphatic carbocycles. The van der Waals surface area contributed by atoms with Gasteiger partial charge in [-0.1, -0.05) is 24.3 Å². The number of aliphatic imine (C=N–C) groups is 1. The first-order chi connectivity index (χ1) is 57.7. The Hall–Kier alpha value is -10.4. The molecule has 0 bridgehead atoms. The molecule has 7 rings (SSSR count). The summed E-state index contributed by atoms with van der Waals surface area (Å²) in [5.41, 5.74) is 13.4. The number of nitrogens with zero attached hydrogens (tertiary/aromatic N) is 2. The lowest BCUT2D eigenvalue weighted by Gasteiger charge is -2.17. The third-order valence-corrected chi connectivity index (χ3v) is 18.5. The van der Waals surface area contributed by atoms with Crippen molar-refractivity contribution in [1.29, 1.82) is 0 Å². The number of imide groups is 1. The van der Waals surface area contributed by atoms with Crippen LogP contribution in [0.3, 0.4) is 0 Å². The molecule has 1 saturated heterocycles. The number of nitrogens with two attached hydrogens (primary N) is 2. The van der Waals surface area contributed by atoms with Gasteiger partial charge in [0.1, 0.15) is 34.7 Å². The van der Waals surface area contributed by atoms with Gasteiger partial charge < -0.3 is 114 Å². The molecule has 0 saturated carbocycles. The number of nitrogens with one attached hydrogen (secondary N) is 4. The van der Waals surface area contributed by atoms with Crippen LogP contribution in [0.5, 0.6) is 11.5 Å². The van der Waals surface area contributed by atoms with E-state index in [4.69, 9.17) is 77.5 Å². The minimum atomic E-state index is -1.41. The molecular formula is C82H106N8O28S. The number of carbonyl (C=O) groups excluding carboxylic acids is 8. The summed E-state index contributed by atoms with van der Waals surface area (Å²) in [6, 6.07) is 24.4. The van der Waals surface area contributed by atoms with Gasteiger partial charge in [0.15, 0.2) is 17.2 Å². The summed E-state index contributed by atoms with van der Waals surface area (Å²) < 4.78 is 77.9. The van der Waals surface area contributed by atoms with Crippen molar-refractivity contribution in [2.24, 2.45) is 16.5 Å². The van der Waals surface area contributed by atoms with Crippen LogP contribution in [-0.4, -0.2) is 287 Å². The monoisotopic (exact) mass is 1680 g/mol. The molecule has 2 atom stereocenters. The quantitative estimate of drug-likeness (QED) is 0.00634. The van der Waals surface area contributed by atoms with Gasteiger partial charge in [-0.2, -0.15) is 0 Å². The summed E-state index contributed by atoms with van der Waals surface area (Å²) in [5.74, 6) is -5.26. The number of hydrogen-bond donors (Lipinski definition) is 9. The number of benzene rings is 5. The first kappa shape index (κ1) is 95.7. The number of anilines is 1. The number of phenolic OH excluding ortho intramolecular Hbond substituents is 1. The van der Waals surface area contributed by atoms with Crippen molar-refractivity contribution in [3.8, 4) is 33.9 Å². The zero-order valence-corrected chi connectivity index (χ0v) is 67.2. The van der Waals surface area contributed by atoms with E-state index in [1.165, 1.54) is 48.2 Å². The van der Waals surface area contributed by atoms with Crippen LogP contribution in [-0.2, 0) is 102 Å². The summed E-state index contributed by atoms with van der Waals surface area (Å²) in [7, 11) is 0. The molecule has 6 amide bonds. The summed E-state index contributed by atoms with van der Waals surface area (Å²) in [6.45, 7) is 9.76. The van der Waals surface area contributed by atoms with E-state index in [9.17, 15) is 68.1 Å². The van der Waals surface area contributed by atoms with Crippen LogP contribution in [0.2, 0.25) is 0 Å². The van der Waals surface area contributed by atoms with Crippen molar-refractivity contribution in [2.45, 2.75) is 69.1 Å². The van der Waals surface area contributed by atoms with Gasteiger partial charge in [-0.15, -0.1) is 11.8 Å². The van der Waals surface area contributed by atoms with Gasteiger partial charge in [0, 0.05) is 110 Å². The number of ether oxygens (including phenoxy) is 13. The molecule has 0 spiro atoms. The normalized spacial score (nSPS) is 12.9. The van der Waals surface area contributed by atoms with Crippen molar-refractivity contribution >= 4 is 99.0 Å². The Morgan fingerprint density at radius 2 is 1.11 bits per heavy atom. The molecule has 0 aromatic heterocycles. The Balaban J connectivity index is 0.547. The second-order valence-corrected chi connectivity index (χ2v) is 27.7. The van der Waals surface area contributed by atoms with E-state index >= 15 is 0 Å². The molecule has 1 fully saturated rings. The van der Waals surface area contributed by atoms with Crippen LogP contribution in [0.1, 0.15) is 77.6 Å². The van der Waals surface area contributed by atoms with Crippen molar-refractivity contribution in [2.75, 3.05) is 196 Å². The SMILES string of the molecule is NC(N)=Nc1cccc(C(=O)CCC(=O)N[C@@H](CC(=O)O)C(=O)Nc2ccc(OCCCNC(=O)CCOCCOCCOCCOCCOCCOCCOCCOCCOCCOCCOCCOCCNC(=O)CCN3C(=O)CC(SCCC(=O)Cc4ccc(-c5c6ccc(=O)cc-6oc6cc(O)ccc56)c(C(=O)O)c4)C3=O)cc2)c1. The van der Waals surface area contributed by atoms with Gasteiger partial charge in [-0.3, -0.25) is 52.8 Å². The molecule has 36 nitrogen and oxygen atoms in total. The average Bonchev–Trinajstić information content (AvgIpc) is 1.39. The van der Waals surface area contributed by atoms with Crippen molar-refractivity contribution < 1.29 is 129 Å². The molecule has 2 aliphatic heterocycles. The number of guanidine groups is 1. The van der Waals surface area contributed by atoms with Crippen molar-refractivity contribution in [3.63, 3.8) is 0 Å². The van der Waals surface area contributed by atoms with E-state index in [0.717, 1.165) is 4.90 Å². The number of thioether (sulfide) groups is 1. The molecule has 648 valence electrons. The number of aromatic hydroxyl groups is 1. The number of aliphatic carboxylic acids is 1. The van der Waals surface area contributed by atoms with Gasteiger partial charge in [-0.25, -0.2) is 9.79 Å². The summed E-state index contributed by atoms with van der Waals surface area (Å²) in [4.78, 5) is 143. The lowest BCUT2D eigenvalue weighted by Crippen LogP contribution is -2.45. The maximum absolute atomic E-state index is 13.1. The molecule has 1 unspecified atom stereocenters. The van der Waals surface area contributed by atoms with E-state index in [-0.39, 0.29) is 147 Å². The summed E-state index contributed by atoms with van der Waals surface area (Å²) >= 11 is 1.18. The maximum Gasteiger partial charge on any atom is 0.336 e. The van der Waals surface area contributed by atoms with Gasteiger partial charge in [0.25, 0.3) is 0 Å². The van der Waals surface area contributed by atoms with Crippen LogP contribution in [0.25, 0.3) is 33.4 Å². The van der Waals surface area contributed by atoms with Crippen LogP contribution in [0.4, 0.5) is 11.4 Å². The number of ketones is 2. The number of rotatable bonds is 65. The van der Waals surface area contributed by atoms with E-state index < -0.39 is 53.3 Å². The Morgan fingerprint density at radius 3 is 1.68 bits per heavy atom. The molecular weight excluding hydrogens is 1580 g/mol. The second kappa shape index (κ2) is 55.4. The Kier molecular flexibility index (Phi) is 44.6. The maximum atomic E-state index is 13.1. The van der Waals surface area contributed by atoms with Crippen molar-refractivity contribution in [3.05, 3.63) is 130 Å². The van der Waals surface area contributed by atoms with E-state index in [2.05, 4.69) is 26.3 Å². The number of aromatic carboxylic acids is 1. The highest BCUT2D eigenvalue weighted by Crippen LogP contribution is 2.42. The van der Waals surface area contributed by atoms with Gasteiger partial charge in [-0.05, 0) is 84.3 Å². The van der Waals surface area contributed by atoms with Crippen LogP contribution < -0.4 is 42.9 Å². The fourth-order valence-corrected chi connectivity index (χ4v) is 12.7. The zero-order valence-electron chi connectivity index (χ0n) is 66.3. The molecule has 3 aliphatic rings. The smallest absolute Gasteiger partial charge is 0.336 e. The second-order valence-electron chi connectivity index (χ2n) is 26.4. The molecule has 4 aromatic rings. The van der Waals surface area contributed by atoms with Gasteiger partial charge in [0.05, 0.1) is 188 Å². The number of carboxylic acid groups (broad SMARTS) is 2. The fourth-order valence-electron chi connectivity index (χ4n) is 11.5. The van der Waals surface area contributed by atoms with Gasteiger partial charge >= 0.3 is 11.9 Å². The number of Topliss-reactive ketones (excluding diaryl/α,β-unsaturated/α-hetero) is 2. The standard InChI is InChI=1S/C82H106N8O28S/c83-82(84)88-59-4-1-3-57(51-59)69(94)15-16-75(97)89-68(54-77(99)100)79(101)87-58-6-10-63(11-7-58)117-23-2-20-85-74(96)18-24-105-26-28-107-30-32-109-34-36-111-38-40-113-42-44-115-46-47-116-45-43-114-41-39-112-37-35-110-33-31-108-29-27-106-25-21-86-73(95)17-22-90-76(98)55-72(80(90)102)119-48-19-62(93)49-56-5-12-64(67(50-56)81(103)104)78-65-13-8-60(91)52-70(65)118-71-53-61(92)9-14-66(71)78/h1,3-14,50-53,68,72,91H,2,15-49,54-55H2,(H,85,96)(H,86,95)(H,87,101)(H,89,97)(H,99,100)(H,103,104)(H4,83,84,88)/t68-,72?/m0/s1. The first-order valence-corrected chi connectivity index (χ1v) is 40.0. The number of carboxylic acids is 2. The highest BCUT2D eigenvalue weighted by atomic mass is 32.2. The number of amides is 6. The summed E-state index contributed by atoms with van der Waals surface area (Å²) in [5, 5.41) is 40.1. The third-order valence-electron chi connectivity index (χ3n) is 17.3. The lowest BCUT2D eigenvalue weighted by molar-refractivity contribution is -0.140. The Labute approximate surface area is 691 Å². The molecule has 37 heteroatoms. The minimum absolute atomic E-state index is 0.0547. The third kappa shape index (κ3) is 37.6. The van der Waals surface area contributed by atoms with E-state index in [0.29, 0.717) is 203 Å². The largest absolute Gasteiger partial charge is 0.508 e. The van der Waals surface area contributed by atoms with Gasteiger partial charge in [0.2, 0.25) is 35.4 Å². The topological polar surface area (TPSA) is 497 Å². The average molecular weight is 1680 g/mol. The molecule has 2 heterocycles. The predicted octanol–water partition coefficient (Wildman–Crippen LogP) is 4.48. The fraction of sp³-hybridized carbons (Fsp3) is 0.488. The van der Waals surface area contributed by atoms with E-state index in [1.807, 2.05) is 0 Å². The first-order valence-electron chi connectivity index (χ1n) is 39.0. The number of phenols is 1. The number of carbonyl (C=O) groups is 10. The number of fused-ring (bicyclic) bond motifs is 2. The Bertz CT molecular complexity index is 4260. The highest BCUT2D eigenvalue weighted by molar-refractivity contribution is 8.00. The molecule has 0 radical (unpaired) electrons. The van der Waals surface area contributed by atoms with E-state index in [1.54, 1.807) is 66.7 Å². The molecule has 11 N–H and O–H groups in total. The zero-order chi connectivity index (χ0) is 85.2. The van der Waals surface area contributed by atoms with Crippen molar-refractivity contribution in [1.82, 2.24) is 20.9 Å². The van der Waals surface area contributed by atoms with Crippen LogP contribution in [0, 0.1) is 0 Å². The predicted molar refractivity (Wildman–Crippen MR) is 434 cm³/mol. The lowest BCUT2D eigenvalue weighted by atomic mass is 9.89. The van der Waals surface area contributed by atoms with Crippen LogP contribution >= 0.6 is 11.8 Å². The summed E-state index contributed by atoms with van der Waals surface area (Å²) in [6.07, 6.45) is -0.666.